The number of hydrogen-bond donors (Lipinski definition) is 2. The van der Waals surface area contributed by atoms with Crippen LogP contribution in [0.4, 0.5) is 20.2 Å². The molecule has 0 saturated heterocycles. The van der Waals surface area contributed by atoms with Crippen molar-refractivity contribution in [3.8, 4) is 0 Å². The number of carbonyl (C=O) groups is 1. The van der Waals surface area contributed by atoms with E-state index in [1.54, 1.807) is 6.07 Å². The van der Waals surface area contributed by atoms with Crippen molar-refractivity contribution in [1.82, 2.24) is 0 Å². The zero-order chi connectivity index (χ0) is 20.4. The second kappa shape index (κ2) is 7.87. The normalized spacial score (nSPS) is 13.2. The summed E-state index contributed by atoms with van der Waals surface area (Å²) in [6, 6.07) is 16.7. The maximum absolute atomic E-state index is 13.9. The van der Waals surface area contributed by atoms with Gasteiger partial charge in [-0.25, -0.2) is 8.78 Å². The summed E-state index contributed by atoms with van der Waals surface area (Å²) in [6.45, 7) is 0. The number of benzene rings is 3. The fraction of sp³-hybridized carbons (Fsp3) is 0.125. The van der Waals surface area contributed by atoms with E-state index < -0.39 is 23.1 Å². The fourth-order valence-electron chi connectivity index (χ4n) is 3.63. The standard InChI is InChI=1S/C24H20F2N2O/c25-21-6-3-7-22(26)23(21)24(29)28-18-12-13-20-16(14-18)4-1-2-5-19(20)15-8-10-17(27)11-9-15/h3,5-14H,1-2,4,27H2,(H,28,29). The average Bonchev–Trinajstić information content (AvgIpc) is 2.90. The second-order valence-corrected chi connectivity index (χ2v) is 7.05. The summed E-state index contributed by atoms with van der Waals surface area (Å²) >= 11 is 0. The van der Waals surface area contributed by atoms with Gasteiger partial charge in [0.2, 0.25) is 0 Å². The molecule has 3 aromatic carbocycles. The van der Waals surface area contributed by atoms with Crippen molar-refractivity contribution < 1.29 is 13.6 Å². The van der Waals surface area contributed by atoms with Crippen molar-refractivity contribution in [2.24, 2.45) is 0 Å². The lowest BCUT2D eigenvalue weighted by Gasteiger charge is -2.14. The summed E-state index contributed by atoms with van der Waals surface area (Å²) in [6.07, 6.45) is 4.98. The van der Waals surface area contributed by atoms with Crippen molar-refractivity contribution in [2.75, 3.05) is 11.1 Å². The number of hydrogen-bond acceptors (Lipinski definition) is 2. The number of fused-ring (bicyclic) bond motifs is 1. The molecule has 1 aliphatic carbocycles. The highest BCUT2D eigenvalue weighted by Crippen LogP contribution is 2.33. The van der Waals surface area contributed by atoms with Crippen LogP contribution in [0.5, 0.6) is 0 Å². The van der Waals surface area contributed by atoms with Crippen molar-refractivity contribution in [2.45, 2.75) is 19.3 Å². The van der Waals surface area contributed by atoms with E-state index in [-0.39, 0.29) is 0 Å². The third-order valence-electron chi connectivity index (χ3n) is 5.06. The maximum atomic E-state index is 13.9. The Balaban J connectivity index is 1.65. The van der Waals surface area contributed by atoms with E-state index in [1.807, 2.05) is 36.4 Å². The van der Waals surface area contributed by atoms with Gasteiger partial charge >= 0.3 is 0 Å². The Morgan fingerprint density at radius 2 is 1.69 bits per heavy atom. The molecule has 0 unspecified atom stereocenters. The van der Waals surface area contributed by atoms with Gasteiger partial charge in [0.15, 0.2) is 0 Å². The Bertz CT molecular complexity index is 1080. The van der Waals surface area contributed by atoms with E-state index in [0.717, 1.165) is 53.7 Å². The number of halogens is 2. The molecule has 0 aromatic heterocycles. The van der Waals surface area contributed by atoms with Gasteiger partial charge in [-0.15, -0.1) is 0 Å². The van der Waals surface area contributed by atoms with Crippen LogP contribution in [0.2, 0.25) is 0 Å². The molecule has 1 amide bonds. The number of amides is 1. The number of anilines is 2. The number of allylic oxidation sites excluding steroid dienone is 1. The van der Waals surface area contributed by atoms with Gasteiger partial charge in [-0.3, -0.25) is 4.79 Å². The van der Waals surface area contributed by atoms with Crippen LogP contribution in [0.25, 0.3) is 5.57 Å². The third kappa shape index (κ3) is 3.90. The number of carbonyl (C=O) groups excluding carboxylic acids is 1. The van der Waals surface area contributed by atoms with Gasteiger partial charge in [0.25, 0.3) is 5.91 Å². The first kappa shape index (κ1) is 18.9. The molecule has 0 saturated carbocycles. The lowest BCUT2D eigenvalue weighted by atomic mass is 9.93. The van der Waals surface area contributed by atoms with E-state index in [2.05, 4.69) is 11.4 Å². The highest BCUT2D eigenvalue weighted by atomic mass is 19.1. The van der Waals surface area contributed by atoms with E-state index in [0.29, 0.717) is 11.4 Å². The molecule has 0 fully saturated rings. The Labute approximate surface area is 167 Å². The minimum absolute atomic E-state index is 0.509. The van der Waals surface area contributed by atoms with Crippen LogP contribution < -0.4 is 11.1 Å². The smallest absolute Gasteiger partial charge is 0.261 e. The molecule has 3 aromatic rings. The SMILES string of the molecule is Nc1ccc(C2=CCCCc3cc(NC(=O)c4c(F)cccc4F)ccc32)cc1. The fourth-order valence-corrected chi connectivity index (χ4v) is 3.63. The predicted molar refractivity (Wildman–Crippen MR) is 112 cm³/mol. The van der Waals surface area contributed by atoms with Crippen LogP contribution in [0.1, 0.15) is 39.9 Å². The van der Waals surface area contributed by atoms with Crippen molar-refractivity contribution in [3.05, 3.63) is 101 Å². The van der Waals surface area contributed by atoms with E-state index in [4.69, 9.17) is 5.73 Å². The Morgan fingerprint density at radius 3 is 2.41 bits per heavy atom. The summed E-state index contributed by atoms with van der Waals surface area (Å²) in [5.74, 6) is -2.57. The highest BCUT2D eigenvalue weighted by Gasteiger charge is 2.19. The molecule has 0 aliphatic heterocycles. The molecule has 29 heavy (non-hydrogen) atoms. The number of nitrogen functional groups attached to an aromatic ring is 1. The Morgan fingerprint density at radius 1 is 0.966 bits per heavy atom. The molecular weight excluding hydrogens is 370 g/mol. The van der Waals surface area contributed by atoms with Crippen molar-refractivity contribution in [1.29, 1.82) is 0 Å². The molecule has 0 atom stereocenters. The van der Waals surface area contributed by atoms with Gasteiger partial charge in [-0.1, -0.05) is 30.3 Å². The molecule has 3 nitrogen and oxygen atoms in total. The summed E-state index contributed by atoms with van der Waals surface area (Å²) in [4.78, 5) is 12.4. The number of nitrogens with two attached hydrogens (primary N) is 1. The highest BCUT2D eigenvalue weighted by molar-refractivity contribution is 6.04. The van der Waals surface area contributed by atoms with Gasteiger partial charge < -0.3 is 11.1 Å². The molecule has 0 bridgehead atoms. The Hall–Kier alpha value is -3.47. The number of aryl methyl sites for hydroxylation is 1. The number of rotatable bonds is 3. The Kier molecular flexibility index (Phi) is 5.12. The largest absolute Gasteiger partial charge is 0.399 e. The molecule has 3 N–H and O–H groups in total. The van der Waals surface area contributed by atoms with Gasteiger partial charge in [0.1, 0.15) is 17.2 Å². The third-order valence-corrected chi connectivity index (χ3v) is 5.06. The van der Waals surface area contributed by atoms with E-state index in [1.165, 1.54) is 6.07 Å². The zero-order valence-corrected chi connectivity index (χ0v) is 15.7. The molecule has 146 valence electrons. The molecule has 0 radical (unpaired) electrons. The van der Waals surface area contributed by atoms with Crippen LogP contribution in [-0.2, 0) is 6.42 Å². The first-order valence-corrected chi connectivity index (χ1v) is 9.47. The lowest BCUT2D eigenvalue weighted by molar-refractivity contribution is 0.101. The molecular formula is C24H20F2N2O. The van der Waals surface area contributed by atoms with Gasteiger partial charge in [0.05, 0.1) is 0 Å². The molecule has 4 rings (SSSR count). The lowest BCUT2D eigenvalue weighted by Crippen LogP contribution is -2.16. The van der Waals surface area contributed by atoms with E-state index in [9.17, 15) is 13.6 Å². The monoisotopic (exact) mass is 390 g/mol. The molecule has 0 heterocycles. The maximum Gasteiger partial charge on any atom is 0.261 e. The summed E-state index contributed by atoms with van der Waals surface area (Å²) < 4.78 is 27.8. The molecule has 5 heteroatoms. The molecule has 1 aliphatic rings. The predicted octanol–water partition coefficient (Wildman–Crippen LogP) is 5.57. The van der Waals surface area contributed by atoms with Crippen LogP contribution in [-0.4, -0.2) is 5.91 Å². The van der Waals surface area contributed by atoms with Gasteiger partial charge in [-0.2, -0.15) is 0 Å². The quantitative estimate of drug-likeness (QED) is 0.575. The minimum Gasteiger partial charge on any atom is -0.399 e. The summed E-state index contributed by atoms with van der Waals surface area (Å²) in [5, 5.41) is 2.62. The first-order valence-electron chi connectivity index (χ1n) is 9.47. The zero-order valence-electron chi connectivity index (χ0n) is 15.7. The average molecular weight is 390 g/mol. The van der Waals surface area contributed by atoms with Gasteiger partial charge in [0, 0.05) is 11.4 Å². The van der Waals surface area contributed by atoms with Crippen LogP contribution in [0.15, 0.2) is 66.7 Å². The van der Waals surface area contributed by atoms with Crippen molar-refractivity contribution in [3.63, 3.8) is 0 Å². The topological polar surface area (TPSA) is 55.1 Å². The first-order chi connectivity index (χ1) is 14.0. The number of nitrogens with one attached hydrogen (secondary N) is 1. The van der Waals surface area contributed by atoms with Gasteiger partial charge in [-0.05, 0) is 77.9 Å². The van der Waals surface area contributed by atoms with Crippen LogP contribution >= 0.6 is 0 Å². The van der Waals surface area contributed by atoms with Crippen LogP contribution in [0, 0.1) is 11.6 Å². The minimum atomic E-state index is -0.883. The summed E-state index contributed by atoms with van der Waals surface area (Å²) in [5.41, 5.74) is 10.8. The van der Waals surface area contributed by atoms with E-state index >= 15 is 0 Å². The van der Waals surface area contributed by atoms with Crippen LogP contribution in [0.3, 0.4) is 0 Å². The molecule has 0 spiro atoms. The summed E-state index contributed by atoms with van der Waals surface area (Å²) in [7, 11) is 0. The second-order valence-electron chi connectivity index (χ2n) is 7.05. The van der Waals surface area contributed by atoms with Crippen molar-refractivity contribution >= 4 is 22.9 Å².